The lowest BCUT2D eigenvalue weighted by Crippen LogP contribution is -2.46. The predicted octanol–water partition coefficient (Wildman–Crippen LogP) is 1.74. The maximum absolute atomic E-state index is 12.2. The van der Waals surface area contributed by atoms with Gasteiger partial charge in [0.25, 0.3) is 0 Å². The van der Waals surface area contributed by atoms with Gasteiger partial charge in [0.2, 0.25) is 0 Å². The number of amides is 2. The van der Waals surface area contributed by atoms with E-state index in [1.807, 2.05) is 12.1 Å². The second-order valence-electron chi connectivity index (χ2n) is 6.16. The fraction of sp³-hybridized carbons (Fsp3) is 0.368. The molecule has 2 amide bonds. The molecular weight excluding hydrogens is 370 g/mol. The van der Waals surface area contributed by atoms with Crippen LogP contribution in [-0.4, -0.2) is 49.6 Å². The molecule has 0 saturated carbocycles. The van der Waals surface area contributed by atoms with Gasteiger partial charge in [0, 0.05) is 31.2 Å². The SMILES string of the molecule is O=C(NCc1ccccc1Cl)C(=O)NC[C@@H](c1ccco1)N1CCOCC1. The van der Waals surface area contributed by atoms with Gasteiger partial charge in [0.1, 0.15) is 5.76 Å². The molecule has 0 spiro atoms. The maximum Gasteiger partial charge on any atom is 0.309 e. The van der Waals surface area contributed by atoms with Crippen LogP contribution in [0.2, 0.25) is 5.02 Å². The second-order valence-corrected chi connectivity index (χ2v) is 6.57. The summed E-state index contributed by atoms with van der Waals surface area (Å²) in [5.74, 6) is -0.643. The number of morpholine rings is 1. The number of halogens is 1. The summed E-state index contributed by atoms with van der Waals surface area (Å²) in [7, 11) is 0. The minimum Gasteiger partial charge on any atom is -0.468 e. The van der Waals surface area contributed by atoms with Crippen molar-refractivity contribution in [3.05, 3.63) is 59.0 Å². The molecule has 0 bridgehead atoms. The van der Waals surface area contributed by atoms with Crippen molar-refractivity contribution in [2.24, 2.45) is 0 Å². The van der Waals surface area contributed by atoms with Gasteiger partial charge in [-0.25, -0.2) is 0 Å². The molecule has 0 unspecified atom stereocenters. The zero-order valence-electron chi connectivity index (χ0n) is 14.8. The van der Waals surface area contributed by atoms with Crippen LogP contribution in [0.25, 0.3) is 0 Å². The second kappa shape index (κ2) is 9.55. The first-order chi connectivity index (χ1) is 13.1. The predicted molar refractivity (Wildman–Crippen MR) is 100 cm³/mol. The van der Waals surface area contributed by atoms with Gasteiger partial charge in [-0.1, -0.05) is 29.8 Å². The summed E-state index contributed by atoms with van der Waals surface area (Å²) in [5.41, 5.74) is 0.752. The van der Waals surface area contributed by atoms with Crippen LogP contribution in [0.4, 0.5) is 0 Å². The Hall–Kier alpha value is -2.35. The van der Waals surface area contributed by atoms with E-state index in [1.54, 1.807) is 30.5 Å². The summed E-state index contributed by atoms with van der Waals surface area (Å²) in [6.45, 7) is 3.19. The van der Waals surface area contributed by atoms with E-state index >= 15 is 0 Å². The van der Waals surface area contributed by atoms with E-state index in [-0.39, 0.29) is 19.1 Å². The quantitative estimate of drug-likeness (QED) is 0.733. The lowest BCUT2D eigenvalue weighted by molar-refractivity contribution is -0.139. The van der Waals surface area contributed by atoms with E-state index in [0.29, 0.717) is 18.2 Å². The number of carbonyl (C=O) groups is 2. The molecule has 7 nitrogen and oxygen atoms in total. The molecule has 27 heavy (non-hydrogen) atoms. The van der Waals surface area contributed by atoms with Crippen LogP contribution in [0.5, 0.6) is 0 Å². The molecule has 2 N–H and O–H groups in total. The van der Waals surface area contributed by atoms with E-state index in [4.69, 9.17) is 20.8 Å². The number of benzene rings is 1. The summed E-state index contributed by atoms with van der Waals surface area (Å²) in [4.78, 5) is 26.4. The number of furan rings is 1. The number of rotatable bonds is 6. The number of hydrogen-bond donors (Lipinski definition) is 2. The van der Waals surface area contributed by atoms with E-state index < -0.39 is 11.8 Å². The molecule has 144 valence electrons. The molecule has 1 aromatic heterocycles. The summed E-state index contributed by atoms with van der Waals surface area (Å²) in [6.07, 6.45) is 1.60. The van der Waals surface area contributed by atoms with Crippen LogP contribution in [0.1, 0.15) is 17.4 Å². The van der Waals surface area contributed by atoms with Crippen LogP contribution in [0.3, 0.4) is 0 Å². The van der Waals surface area contributed by atoms with Gasteiger partial charge in [-0.2, -0.15) is 0 Å². The Balaban J connectivity index is 1.53. The summed E-state index contributed by atoms with van der Waals surface area (Å²) >= 11 is 6.06. The molecule has 1 aliphatic heterocycles. The highest BCUT2D eigenvalue weighted by Gasteiger charge is 2.26. The van der Waals surface area contributed by atoms with E-state index in [2.05, 4.69) is 15.5 Å². The molecule has 2 aromatic rings. The number of nitrogens with one attached hydrogen (secondary N) is 2. The maximum atomic E-state index is 12.2. The van der Waals surface area contributed by atoms with Crippen LogP contribution in [0, 0.1) is 0 Å². The monoisotopic (exact) mass is 391 g/mol. The highest BCUT2D eigenvalue weighted by molar-refractivity contribution is 6.35. The fourth-order valence-electron chi connectivity index (χ4n) is 2.95. The van der Waals surface area contributed by atoms with Crippen molar-refractivity contribution in [1.29, 1.82) is 0 Å². The Kier molecular flexibility index (Phi) is 6.86. The van der Waals surface area contributed by atoms with Gasteiger partial charge in [-0.05, 0) is 23.8 Å². The van der Waals surface area contributed by atoms with Gasteiger partial charge in [-0.3, -0.25) is 14.5 Å². The van der Waals surface area contributed by atoms with Gasteiger partial charge in [0.15, 0.2) is 0 Å². The number of ether oxygens (including phenoxy) is 1. The third-order valence-electron chi connectivity index (χ3n) is 4.42. The molecule has 1 saturated heterocycles. The lowest BCUT2D eigenvalue weighted by Gasteiger charge is -2.33. The highest BCUT2D eigenvalue weighted by atomic mass is 35.5. The van der Waals surface area contributed by atoms with Crippen molar-refractivity contribution in [1.82, 2.24) is 15.5 Å². The molecule has 1 atom stereocenters. The number of carbonyl (C=O) groups excluding carboxylic acids is 2. The molecule has 8 heteroatoms. The van der Waals surface area contributed by atoms with E-state index in [0.717, 1.165) is 24.4 Å². The zero-order chi connectivity index (χ0) is 19.1. The Bertz CT molecular complexity index is 760. The molecular formula is C19H22ClN3O4. The topological polar surface area (TPSA) is 83.8 Å². The Morgan fingerprint density at radius 2 is 1.81 bits per heavy atom. The van der Waals surface area contributed by atoms with Gasteiger partial charge < -0.3 is 19.8 Å². The summed E-state index contributed by atoms with van der Waals surface area (Å²) in [5, 5.41) is 5.82. The van der Waals surface area contributed by atoms with Gasteiger partial charge >= 0.3 is 11.8 Å². The molecule has 2 heterocycles. The van der Waals surface area contributed by atoms with Crippen molar-refractivity contribution in [2.75, 3.05) is 32.8 Å². The first-order valence-corrected chi connectivity index (χ1v) is 9.17. The van der Waals surface area contributed by atoms with Crippen LogP contribution in [-0.2, 0) is 20.9 Å². The molecule has 3 rings (SSSR count). The van der Waals surface area contributed by atoms with Gasteiger partial charge in [0.05, 0.1) is 25.5 Å². The Morgan fingerprint density at radius 3 is 2.52 bits per heavy atom. The third kappa shape index (κ3) is 5.32. The van der Waals surface area contributed by atoms with E-state index in [1.165, 1.54) is 0 Å². The van der Waals surface area contributed by atoms with Crippen molar-refractivity contribution >= 4 is 23.4 Å². The van der Waals surface area contributed by atoms with E-state index in [9.17, 15) is 9.59 Å². The molecule has 1 aliphatic rings. The largest absolute Gasteiger partial charge is 0.468 e. The van der Waals surface area contributed by atoms with Crippen LogP contribution < -0.4 is 10.6 Å². The van der Waals surface area contributed by atoms with Crippen molar-refractivity contribution < 1.29 is 18.7 Å². The number of hydrogen-bond acceptors (Lipinski definition) is 5. The van der Waals surface area contributed by atoms with Crippen LogP contribution in [0.15, 0.2) is 47.1 Å². The molecule has 0 aliphatic carbocycles. The standard InChI is InChI=1S/C19H22ClN3O4/c20-15-5-2-1-4-14(15)12-21-18(24)19(25)22-13-16(17-6-3-9-27-17)23-7-10-26-11-8-23/h1-6,9,16H,7-8,10-13H2,(H,21,24)(H,22,25)/t16-/m0/s1. The first kappa shape index (κ1) is 19.4. The van der Waals surface area contributed by atoms with Crippen molar-refractivity contribution in [3.8, 4) is 0 Å². The van der Waals surface area contributed by atoms with Crippen molar-refractivity contribution in [3.63, 3.8) is 0 Å². The minimum atomic E-state index is -0.699. The third-order valence-corrected chi connectivity index (χ3v) is 4.79. The lowest BCUT2D eigenvalue weighted by atomic mass is 10.1. The minimum absolute atomic E-state index is 0.149. The summed E-state index contributed by atoms with van der Waals surface area (Å²) in [6, 6.07) is 10.7. The smallest absolute Gasteiger partial charge is 0.309 e. The van der Waals surface area contributed by atoms with Gasteiger partial charge in [-0.15, -0.1) is 0 Å². The molecule has 1 aromatic carbocycles. The molecule has 1 fully saturated rings. The highest BCUT2D eigenvalue weighted by Crippen LogP contribution is 2.21. The zero-order valence-corrected chi connectivity index (χ0v) is 15.6. The fourth-order valence-corrected chi connectivity index (χ4v) is 3.15. The normalized spacial score (nSPS) is 15.9. The Morgan fingerprint density at radius 1 is 1.07 bits per heavy atom. The van der Waals surface area contributed by atoms with Crippen LogP contribution >= 0.6 is 11.6 Å². The molecule has 0 radical (unpaired) electrons. The number of nitrogens with zero attached hydrogens (tertiary/aromatic N) is 1. The average molecular weight is 392 g/mol. The van der Waals surface area contributed by atoms with Crippen molar-refractivity contribution in [2.45, 2.75) is 12.6 Å². The first-order valence-electron chi connectivity index (χ1n) is 8.80. The summed E-state index contributed by atoms with van der Waals surface area (Å²) < 4.78 is 10.9. The Labute approximate surface area is 162 Å². The average Bonchev–Trinajstić information content (AvgIpc) is 3.22.